The predicted molar refractivity (Wildman–Crippen MR) is 89.8 cm³/mol. The van der Waals surface area contributed by atoms with Crippen LogP contribution in [0.4, 0.5) is 13.2 Å². The highest BCUT2D eigenvalue weighted by molar-refractivity contribution is 5.94. The number of nitrogens with zero attached hydrogens (tertiary/aromatic N) is 1. The van der Waals surface area contributed by atoms with E-state index in [1.807, 2.05) is 0 Å². The topological polar surface area (TPSA) is 88.5 Å². The third-order valence-corrected chi connectivity index (χ3v) is 3.68. The van der Waals surface area contributed by atoms with Gasteiger partial charge in [0.1, 0.15) is 11.4 Å². The number of aromatic carboxylic acids is 1. The molecule has 0 aliphatic rings. The largest absolute Gasteiger partial charge is 0.484 e. The molecule has 0 saturated carbocycles. The molecule has 0 saturated heterocycles. The number of hydrogen-bond acceptors (Lipinski definition) is 4. The molecule has 2 rings (SSSR count). The maximum absolute atomic E-state index is 12.3. The van der Waals surface area contributed by atoms with Gasteiger partial charge in [-0.1, -0.05) is 12.1 Å². The molecule has 0 radical (unpaired) electrons. The lowest BCUT2D eigenvalue weighted by atomic mass is 10.1. The molecule has 6 nitrogen and oxygen atoms in total. The summed E-state index contributed by atoms with van der Waals surface area (Å²) >= 11 is 0. The number of carbonyl (C=O) groups is 2. The zero-order chi connectivity index (χ0) is 20.2. The van der Waals surface area contributed by atoms with E-state index in [4.69, 9.17) is 5.11 Å². The summed E-state index contributed by atoms with van der Waals surface area (Å²) in [5, 5.41) is 11.7. The summed E-state index contributed by atoms with van der Waals surface area (Å²) in [7, 11) is 0. The molecule has 27 heavy (non-hydrogen) atoms. The second-order valence-electron chi connectivity index (χ2n) is 5.80. The molecule has 1 aromatic carbocycles. The molecule has 2 aromatic rings. The number of amides is 1. The smallest absolute Gasteiger partial charge is 0.422 e. The SMILES string of the molecule is Cc1nc(C(=O)NC(C)c2ccc(OCC(F)(F)F)cc2)ccc1C(=O)O. The van der Waals surface area contributed by atoms with Crippen LogP contribution < -0.4 is 10.1 Å². The summed E-state index contributed by atoms with van der Waals surface area (Å²) in [4.78, 5) is 27.2. The van der Waals surface area contributed by atoms with Crippen LogP contribution in [-0.4, -0.2) is 34.8 Å². The van der Waals surface area contributed by atoms with E-state index in [0.29, 0.717) is 5.56 Å². The highest BCUT2D eigenvalue weighted by atomic mass is 19.4. The Bertz CT molecular complexity index is 835. The first-order valence-corrected chi connectivity index (χ1v) is 7.88. The minimum Gasteiger partial charge on any atom is -0.484 e. The Morgan fingerprint density at radius 1 is 1.19 bits per heavy atom. The van der Waals surface area contributed by atoms with E-state index in [9.17, 15) is 22.8 Å². The number of halogens is 3. The number of aryl methyl sites for hydroxylation is 1. The van der Waals surface area contributed by atoms with Gasteiger partial charge in [0.15, 0.2) is 6.61 Å². The normalized spacial score (nSPS) is 12.3. The summed E-state index contributed by atoms with van der Waals surface area (Å²) in [5.74, 6) is -1.57. The predicted octanol–water partition coefficient (Wildman–Crippen LogP) is 3.52. The molecule has 2 N–H and O–H groups in total. The van der Waals surface area contributed by atoms with Gasteiger partial charge >= 0.3 is 12.1 Å². The third kappa shape index (κ3) is 5.70. The number of pyridine rings is 1. The van der Waals surface area contributed by atoms with Crippen molar-refractivity contribution < 1.29 is 32.6 Å². The lowest BCUT2D eigenvalue weighted by molar-refractivity contribution is -0.153. The van der Waals surface area contributed by atoms with E-state index >= 15 is 0 Å². The molecule has 0 bridgehead atoms. The van der Waals surface area contributed by atoms with Crippen molar-refractivity contribution in [3.05, 3.63) is 58.9 Å². The fourth-order valence-electron chi connectivity index (χ4n) is 2.29. The number of alkyl halides is 3. The minimum absolute atomic E-state index is 0.00837. The van der Waals surface area contributed by atoms with Crippen LogP contribution in [0.5, 0.6) is 5.75 Å². The summed E-state index contributed by atoms with van der Waals surface area (Å²) < 4.78 is 41.0. The van der Waals surface area contributed by atoms with E-state index in [-0.39, 0.29) is 22.7 Å². The van der Waals surface area contributed by atoms with Crippen molar-refractivity contribution in [2.75, 3.05) is 6.61 Å². The van der Waals surface area contributed by atoms with E-state index in [1.165, 1.54) is 31.2 Å². The Morgan fingerprint density at radius 3 is 2.33 bits per heavy atom. The van der Waals surface area contributed by atoms with Gasteiger partial charge in [0.05, 0.1) is 17.3 Å². The highest BCUT2D eigenvalue weighted by Crippen LogP contribution is 2.21. The van der Waals surface area contributed by atoms with Crippen molar-refractivity contribution in [3.8, 4) is 5.75 Å². The van der Waals surface area contributed by atoms with Gasteiger partial charge in [0.2, 0.25) is 0 Å². The summed E-state index contributed by atoms with van der Waals surface area (Å²) in [6.07, 6.45) is -4.42. The van der Waals surface area contributed by atoms with Crippen LogP contribution in [0.1, 0.15) is 45.1 Å². The van der Waals surface area contributed by atoms with E-state index in [0.717, 1.165) is 0 Å². The number of hydrogen-bond donors (Lipinski definition) is 2. The molecule has 9 heteroatoms. The maximum atomic E-state index is 12.3. The van der Waals surface area contributed by atoms with Gasteiger partial charge < -0.3 is 15.2 Å². The first-order chi connectivity index (χ1) is 12.6. The fraction of sp³-hybridized carbons (Fsp3) is 0.278. The molecule has 1 atom stereocenters. The van der Waals surface area contributed by atoms with Gasteiger partial charge in [0.25, 0.3) is 5.91 Å². The van der Waals surface area contributed by atoms with E-state index < -0.39 is 30.7 Å². The van der Waals surface area contributed by atoms with Crippen molar-refractivity contribution in [2.45, 2.75) is 26.1 Å². The molecule has 1 aromatic heterocycles. The third-order valence-electron chi connectivity index (χ3n) is 3.68. The van der Waals surface area contributed by atoms with E-state index in [1.54, 1.807) is 19.1 Å². The van der Waals surface area contributed by atoms with Crippen LogP contribution >= 0.6 is 0 Å². The van der Waals surface area contributed by atoms with Crippen molar-refractivity contribution in [1.82, 2.24) is 10.3 Å². The average Bonchev–Trinajstić information content (AvgIpc) is 2.59. The van der Waals surface area contributed by atoms with Gasteiger partial charge in [-0.2, -0.15) is 13.2 Å². The number of benzene rings is 1. The molecule has 1 unspecified atom stereocenters. The van der Waals surface area contributed by atoms with Crippen molar-refractivity contribution >= 4 is 11.9 Å². The number of ether oxygens (including phenoxy) is 1. The highest BCUT2D eigenvalue weighted by Gasteiger charge is 2.28. The van der Waals surface area contributed by atoms with Gasteiger partial charge in [-0.25, -0.2) is 9.78 Å². The molecule has 0 spiro atoms. The Morgan fingerprint density at radius 2 is 1.81 bits per heavy atom. The van der Waals surface area contributed by atoms with Crippen molar-refractivity contribution in [2.24, 2.45) is 0 Å². The second-order valence-corrected chi connectivity index (χ2v) is 5.80. The van der Waals surface area contributed by atoms with Crippen LogP contribution in [0.2, 0.25) is 0 Å². The monoisotopic (exact) mass is 382 g/mol. The van der Waals surface area contributed by atoms with Crippen LogP contribution in [-0.2, 0) is 0 Å². The molecule has 0 aliphatic carbocycles. The fourth-order valence-corrected chi connectivity index (χ4v) is 2.29. The Kier molecular flexibility index (Phi) is 6.04. The summed E-state index contributed by atoms with van der Waals surface area (Å²) in [5.41, 5.74) is 0.944. The average molecular weight is 382 g/mol. The lowest BCUT2D eigenvalue weighted by Gasteiger charge is -2.15. The number of rotatable bonds is 6. The van der Waals surface area contributed by atoms with Crippen molar-refractivity contribution in [1.29, 1.82) is 0 Å². The van der Waals surface area contributed by atoms with Gasteiger partial charge in [0, 0.05) is 0 Å². The summed E-state index contributed by atoms with van der Waals surface area (Å²) in [6.45, 7) is 1.81. The van der Waals surface area contributed by atoms with Crippen molar-refractivity contribution in [3.63, 3.8) is 0 Å². The maximum Gasteiger partial charge on any atom is 0.422 e. The molecular weight excluding hydrogens is 365 g/mol. The second kappa shape index (κ2) is 8.07. The first-order valence-electron chi connectivity index (χ1n) is 7.88. The van der Waals surface area contributed by atoms with Crippen LogP contribution in [0, 0.1) is 6.92 Å². The lowest BCUT2D eigenvalue weighted by Crippen LogP contribution is -2.27. The molecular formula is C18H17F3N2O4. The summed E-state index contributed by atoms with van der Waals surface area (Å²) in [6, 6.07) is 8.02. The number of carboxylic acids is 1. The molecule has 0 aliphatic heterocycles. The van der Waals surface area contributed by atoms with Crippen LogP contribution in [0.15, 0.2) is 36.4 Å². The number of aromatic nitrogens is 1. The Balaban J connectivity index is 2.02. The molecule has 1 heterocycles. The minimum atomic E-state index is -4.42. The van der Waals surface area contributed by atoms with Gasteiger partial charge in [-0.3, -0.25) is 4.79 Å². The number of carbonyl (C=O) groups excluding carboxylic acids is 1. The number of carboxylic acid groups (broad SMARTS) is 1. The van der Waals surface area contributed by atoms with Crippen LogP contribution in [0.25, 0.3) is 0 Å². The van der Waals surface area contributed by atoms with Gasteiger partial charge in [-0.05, 0) is 43.7 Å². The standard InChI is InChI=1S/C18H17F3N2O4/c1-10(12-3-5-13(6-4-12)27-9-18(19,20)21)23-16(24)15-8-7-14(17(25)26)11(2)22-15/h3-8,10H,9H2,1-2H3,(H,23,24)(H,25,26). The quantitative estimate of drug-likeness (QED) is 0.798. The van der Waals surface area contributed by atoms with Gasteiger partial charge in [-0.15, -0.1) is 0 Å². The van der Waals surface area contributed by atoms with E-state index in [2.05, 4.69) is 15.0 Å². The molecule has 1 amide bonds. The first kappa shape index (κ1) is 20.2. The Hall–Kier alpha value is -3.10. The molecule has 0 fully saturated rings. The van der Waals surface area contributed by atoms with Crippen LogP contribution in [0.3, 0.4) is 0 Å². The molecule has 144 valence electrons. The Labute approximate surface area is 153 Å². The zero-order valence-corrected chi connectivity index (χ0v) is 14.5. The zero-order valence-electron chi connectivity index (χ0n) is 14.5. The number of nitrogens with one attached hydrogen (secondary N) is 1.